The number of rotatable bonds is 15. The van der Waals surface area contributed by atoms with E-state index in [1.54, 1.807) is 134 Å². The fourth-order valence-electron chi connectivity index (χ4n) is 8.25. The summed E-state index contributed by atoms with van der Waals surface area (Å²) in [5.74, 6) is -1.46. The number of aromatic nitrogens is 16. The van der Waals surface area contributed by atoms with Crippen LogP contribution in [-0.2, 0) is 76.5 Å². The third-order valence-corrected chi connectivity index (χ3v) is 12.9. The largest absolute Gasteiger partial charge is 2.00 e. The zero-order chi connectivity index (χ0) is 68.9. The Morgan fingerprint density at radius 2 is 0.612 bits per heavy atom. The van der Waals surface area contributed by atoms with E-state index in [2.05, 4.69) is 94.5 Å². The summed E-state index contributed by atoms with van der Waals surface area (Å²) < 4.78 is 150. The van der Waals surface area contributed by atoms with E-state index in [1.165, 1.54) is 37.8 Å². The van der Waals surface area contributed by atoms with E-state index in [1.807, 2.05) is 24.3 Å². The Hall–Kier alpha value is -10.2. The molecule has 0 aliphatic heterocycles. The first-order chi connectivity index (χ1) is 45.9. The first kappa shape index (κ1) is 76.8. The minimum Gasteiger partial charge on any atom is -0.578 e. The summed E-state index contributed by atoms with van der Waals surface area (Å²) in [5, 5.41) is 25.9. The van der Waals surface area contributed by atoms with Gasteiger partial charge in [-0.05, 0) is 122 Å². The fraction of sp³-hybridized carbons (Fsp3) is 0.182. The zero-order valence-electron chi connectivity index (χ0n) is 50.9. The van der Waals surface area contributed by atoms with Gasteiger partial charge in [-0.2, -0.15) is 52.7 Å². The van der Waals surface area contributed by atoms with Gasteiger partial charge < -0.3 is 40.8 Å². The van der Waals surface area contributed by atoms with Crippen molar-refractivity contribution in [1.82, 2.24) is 80.7 Å². The van der Waals surface area contributed by atoms with Gasteiger partial charge in [-0.25, -0.2) is 9.97 Å². The molecule has 12 rings (SSSR count). The summed E-state index contributed by atoms with van der Waals surface area (Å²) in [4.78, 5) is 58.1. The van der Waals surface area contributed by atoms with Crippen LogP contribution in [0.5, 0.6) is 0 Å². The standard InChI is InChI=1S/2C15H9F3N4O.2C15H10F3N4.C6H14.2Ru/c2*16-15(17,18)13-8-12(21-22-13)14(23)11-6-3-5-10(20-11)9-4-1-2-7-19-9;2*16-15(17,18)14-9-11(21-22-14)8-10-4-3-6-13(20-10)12-5-1-2-7-19-12;1-3-5-6-4-2;;/h2*1-8H,(H,21,22,23);2*1-7,9H,8H2;3-6H2,1-2H3;;/q;;2*-1;;2*+2/p-2. The molecule has 18 nitrogen and oxygen atoms in total. The first-order valence-corrected chi connectivity index (χ1v) is 28.7. The number of pyridine rings is 8. The molecule has 506 valence electrons. The van der Waals surface area contributed by atoms with Crippen LogP contribution in [0.3, 0.4) is 0 Å². The number of carbonyl (C=O) groups is 2. The first-order valence-electron chi connectivity index (χ1n) is 28.7. The third-order valence-electron chi connectivity index (χ3n) is 12.9. The van der Waals surface area contributed by atoms with Crippen LogP contribution in [0.15, 0.2) is 195 Å². The number of ketones is 2. The van der Waals surface area contributed by atoms with Gasteiger partial charge in [-0.15, -0.1) is 11.4 Å². The molecule has 0 aromatic carbocycles. The summed E-state index contributed by atoms with van der Waals surface area (Å²) in [7, 11) is 0. The normalized spacial score (nSPS) is 11.1. The molecule has 0 radical (unpaired) electrons. The van der Waals surface area contributed by atoms with Gasteiger partial charge in [-0.3, -0.25) is 39.5 Å². The molecule has 12 heterocycles. The maximum Gasteiger partial charge on any atom is 2.00 e. The summed E-state index contributed by atoms with van der Waals surface area (Å²) in [6.07, 6.45) is -5.88. The van der Waals surface area contributed by atoms with Crippen molar-refractivity contribution in [3.05, 3.63) is 263 Å². The summed E-state index contributed by atoms with van der Waals surface area (Å²) >= 11 is 0. The second-order valence-corrected chi connectivity index (χ2v) is 20.1. The number of hydrogen-bond donors (Lipinski definition) is 0. The second kappa shape index (κ2) is 35.7. The average Bonchev–Trinajstić information content (AvgIpc) is 1.55. The van der Waals surface area contributed by atoms with Gasteiger partial charge in [0.05, 0.1) is 45.6 Å². The van der Waals surface area contributed by atoms with Crippen LogP contribution in [0.4, 0.5) is 52.7 Å². The van der Waals surface area contributed by atoms with Gasteiger partial charge in [0.15, 0.2) is 11.6 Å². The fourth-order valence-corrected chi connectivity index (χ4v) is 8.25. The molecule has 0 aliphatic rings. The van der Waals surface area contributed by atoms with E-state index in [9.17, 15) is 62.3 Å². The molecule has 12 aromatic rings. The number of unbranched alkanes of at least 4 members (excludes halogenated alkanes) is 3. The summed E-state index contributed by atoms with van der Waals surface area (Å²) in [6.45, 7) is 4.46. The maximum atomic E-state index is 12.5. The molecule has 0 saturated carbocycles. The van der Waals surface area contributed by atoms with Crippen molar-refractivity contribution in [2.75, 3.05) is 0 Å². The van der Waals surface area contributed by atoms with Gasteiger partial charge >= 0.3 is 63.7 Å². The van der Waals surface area contributed by atoms with Gasteiger partial charge in [0, 0.05) is 36.2 Å². The van der Waals surface area contributed by atoms with E-state index in [0.29, 0.717) is 69.1 Å². The molecule has 0 unspecified atom stereocenters. The predicted octanol–water partition coefficient (Wildman–Crippen LogP) is 14.3. The van der Waals surface area contributed by atoms with E-state index in [0.717, 1.165) is 12.1 Å². The van der Waals surface area contributed by atoms with Crippen molar-refractivity contribution in [1.29, 1.82) is 0 Å². The van der Waals surface area contributed by atoms with Crippen LogP contribution in [-0.4, -0.2) is 71.8 Å². The zero-order valence-corrected chi connectivity index (χ0v) is 54.4. The Balaban J connectivity index is 0.000000199. The van der Waals surface area contributed by atoms with Crippen LogP contribution >= 0.6 is 0 Å². The third kappa shape index (κ3) is 22.7. The molecular weight excluding hydrogens is 1480 g/mol. The minimum absolute atomic E-state index is 0. The van der Waals surface area contributed by atoms with Gasteiger partial charge in [0.25, 0.3) is 0 Å². The van der Waals surface area contributed by atoms with E-state index in [-0.39, 0.29) is 74.6 Å². The average molecular weight is 1530 g/mol. The van der Waals surface area contributed by atoms with Crippen LogP contribution < -0.4 is 20.4 Å². The monoisotopic (exact) mass is 1530 g/mol. The minimum atomic E-state index is -4.64. The number of hydrogen-bond acceptors (Lipinski definition) is 14. The Bertz CT molecular complexity index is 4140. The van der Waals surface area contributed by atoms with Crippen molar-refractivity contribution < 1.29 is 101 Å². The number of nitrogens with zero attached hydrogens (tertiary/aromatic N) is 16. The molecule has 12 aromatic heterocycles. The van der Waals surface area contributed by atoms with Crippen molar-refractivity contribution in [2.24, 2.45) is 0 Å². The maximum absolute atomic E-state index is 12.5. The molecule has 0 bridgehead atoms. The smallest absolute Gasteiger partial charge is 0.578 e. The molecule has 0 aliphatic carbocycles. The Morgan fingerprint density at radius 1 is 0.337 bits per heavy atom. The van der Waals surface area contributed by atoms with Crippen LogP contribution in [0.1, 0.15) is 117 Å². The van der Waals surface area contributed by atoms with Gasteiger partial charge in [0.2, 0.25) is 0 Å². The topological polar surface area (TPSA) is 245 Å². The Kier molecular flexibility index (Phi) is 28.0. The van der Waals surface area contributed by atoms with Crippen molar-refractivity contribution in [3.8, 4) is 45.6 Å². The molecule has 32 heteroatoms. The van der Waals surface area contributed by atoms with Crippen LogP contribution in [0.25, 0.3) is 45.6 Å². The van der Waals surface area contributed by atoms with Crippen molar-refractivity contribution >= 4 is 11.6 Å². The van der Waals surface area contributed by atoms with Crippen molar-refractivity contribution in [2.45, 2.75) is 77.1 Å². The molecule has 0 saturated heterocycles. The quantitative estimate of drug-likeness (QED) is 0.0400. The second-order valence-electron chi connectivity index (χ2n) is 20.1. The predicted molar refractivity (Wildman–Crippen MR) is 322 cm³/mol. The molecule has 98 heavy (non-hydrogen) atoms. The van der Waals surface area contributed by atoms with E-state index in [4.69, 9.17) is 0 Å². The number of halogens is 12. The van der Waals surface area contributed by atoms with Gasteiger partial charge in [0.1, 0.15) is 34.2 Å². The summed E-state index contributed by atoms with van der Waals surface area (Å²) in [6, 6.07) is 44.3. The molecule has 0 spiro atoms. The molecular formula is C66H50F12N16O2Ru2. The van der Waals surface area contributed by atoms with E-state index >= 15 is 0 Å². The Morgan fingerprint density at radius 3 is 0.878 bits per heavy atom. The number of alkyl halides is 12. The molecule has 0 N–H and O–H groups in total. The molecule has 0 amide bonds. The van der Waals surface area contributed by atoms with E-state index < -0.39 is 70.4 Å². The van der Waals surface area contributed by atoms with Crippen LogP contribution in [0, 0.1) is 0 Å². The SMILES string of the molecule is CCCCCC.FC(F)(F)c1cc(Cc2cccc(-c3ccccn3)n2)[n-]n1.FC(F)(F)c1cc(Cc2cccc(-c3ccccn3)n2)[n-]n1.O=C(c1cccc(-c2ccccn2)n1)c1cc(C(F)(F)F)n[n-]1.O=C(c1cccc(-c2ccccn2)n1)c1cc(C(F)(F)F)n[n-]1.[Ru+2].[Ru+2]. The number of carbonyl (C=O) groups excluding carboxylic acids is 2. The summed E-state index contributed by atoms with van der Waals surface area (Å²) in [5.41, 5.74) is 1.15. The van der Waals surface area contributed by atoms with Crippen LogP contribution in [0.2, 0.25) is 0 Å². The van der Waals surface area contributed by atoms with Crippen molar-refractivity contribution in [3.63, 3.8) is 0 Å². The Labute approximate surface area is 576 Å². The van der Waals surface area contributed by atoms with Gasteiger partial charge in [-0.1, -0.05) is 112 Å². The molecule has 0 fully saturated rings. The molecule has 0 atom stereocenters.